The van der Waals surface area contributed by atoms with Gasteiger partial charge in [0, 0.05) is 5.56 Å². The Morgan fingerprint density at radius 2 is 1.72 bits per heavy atom. The minimum Gasteiger partial charge on any atom is -0.406 e. The van der Waals surface area contributed by atoms with E-state index >= 15 is 0 Å². The molecule has 1 aliphatic heterocycles. The lowest BCUT2D eigenvalue weighted by molar-refractivity contribution is -0.909. The maximum Gasteiger partial charge on any atom is 0.573 e. The molecule has 1 atom stereocenters. The first kappa shape index (κ1) is 21.1. The van der Waals surface area contributed by atoms with Crippen LogP contribution in [0.5, 0.6) is 5.75 Å². The number of hydrogen-bond acceptors (Lipinski definition) is 3. The Labute approximate surface area is 167 Å². The number of morpholine rings is 1. The van der Waals surface area contributed by atoms with Crippen molar-refractivity contribution in [3.05, 3.63) is 65.2 Å². The highest BCUT2D eigenvalue weighted by molar-refractivity contribution is 5.94. The highest BCUT2D eigenvalue weighted by atomic mass is 19.4. The van der Waals surface area contributed by atoms with E-state index in [0.29, 0.717) is 19.8 Å². The number of hydrogen-bond donors (Lipinski definition) is 2. The molecule has 0 unspecified atom stereocenters. The minimum absolute atomic E-state index is 0.220. The number of aryl methyl sites for hydroxylation is 1. The fraction of sp³-hybridized carbons (Fsp3) is 0.381. The number of carbonyl (C=O) groups is 1. The molecule has 8 heteroatoms. The van der Waals surface area contributed by atoms with Crippen molar-refractivity contribution in [3.63, 3.8) is 0 Å². The zero-order valence-corrected chi connectivity index (χ0v) is 16.1. The second-order valence-corrected chi connectivity index (χ2v) is 7.08. The summed E-state index contributed by atoms with van der Waals surface area (Å²) in [6.45, 7) is 5.79. The molecule has 0 aliphatic carbocycles. The normalized spacial score (nSPS) is 16.3. The van der Waals surface area contributed by atoms with Gasteiger partial charge < -0.3 is 19.7 Å². The third kappa shape index (κ3) is 6.47. The van der Waals surface area contributed by atoms with Gasteiger partial charge in [0.2, 0.25) is 0 Å². The number of nitrogens with one attached hydrogen (secondary N) is 2. The highest BCUT2D eigenvalue weighted by Crippen LogP contribution is 2.23. The van der Waals surface area contributed by atoms with Crippen LogP contribution < -0.4 is 15.0 Å². The number of halogens is 3. The number of quaternary nitrogens is 1. The smallest absolute Gasteiger partial charge is 0.406 e. The molecule has 1 amide bonds. The fourth-order valence-corrected chi connectivity index (χ4v) is 3.25. The Kier molecular flexibility index (Phi) is 6.76. The van der Waals surface area contributed by atoms with Gasteiger partial charge in [-0.15, -0.1) is 13.2 Å². The average Bonchev–Trinajstić information content (AvgIpc) is 2.68. The van der Waals surface area contributed by atoms with Gasteiger partial charge in [-0.2, -0.15) is 0 Å². The highest BCUT2D eigenvalue weighted by Gasteiger charge is 2.31. The van der Waals surface area contributed by atoms with E-state index < -0.39 is 6.36 Å². The maximum absolute atomic E-state index is 12.7. The number of amides is 1. The van der Waals surface area contributed by atoms with Crippen molar-refractivity contribution in [2.45, 2.75) is 19.3 Å². The Hall–Kier alpha value is -2.58. The Balaban J connectivity index is 1.72. The van der Waals surface area contributed by atoms with Crippen molar-refractivity contribution in [2.75, 3.05) is 32.8 Å². The van der Waals surface area contributed by atoms with E-state index in [1.54, 1.807) is 0 Å². The first-order valence-electron chi connectivity index (χ1n) is 9.45. The van der Waals surface area contributed by atoms with E-state index in [1.165, 1.54) is 17.0 Å². The third-order valence-corrected chi connectivity index (χ3v) is 4.83. The van der Waals surface area contributed by atoms with E-state index in [2.05, 4.69) is 10.1 Å². The second kappa shape index (κ2) is 9.28. The third-order valence-electron chi connectivity index (χ3n) is 4.83. The molecule has 1 aliphatic rings. The molecule has 3 rings (SSSR count). The van der Waals surface area contributed by atoms with Crippen molar-refractivity contribution in [2.24, 2.45) is 0 Å². The first-order chi connectivity index (χ1) is 13.8. The van der Waals surface area contributed by atoms with E-state index in [-0.39, 0.29) is 23.3 Å². The first-order valence-corrected chi connectivity index (χ1v) is 9.45. The summed E-state index contributed by atoms with van der Waals surface area (Å²) in [6, 6.07) is 12.7. The Morgan fingerprint density at radius 3 is 2.31 bits per heavy atom. The van der Waals surface area contributed by atoms with Crippen LogP contribution in [0.4, 0.5) is 13.2 Å². The van der Waals surface area contributed by atoms with Gasteiger partial charge in [0.15, 0.2) is 0 Å². The second-order valence-electron chi connectivity index (χ2n) is 7.08. The molecule has 156 valence electrons. The van der Waals surface area contributed by atoms with Crippen molar-refractivity contribution < 1.29 is 32.3 Å². The SMILES string of the molecule is Cc1ccc([C@H](C[NH+]2CCOCC2)NC(=O)c2ccc(OC(F)(F)F)cc2)cc1. The number of benzene rings is 2. The minimum atomic E-state index is -4.76. The van der Waals surface area contributed by atoms with Gasteiger partial charge in [-0.1, -0.05) is 29.8 Å². The molecule has 2 aromatic rings. The van der Waals surface area contributed by atoms with Crippen LogP contribution in [-0.4, -0.2) is 45.1 Å². The van der Waals surface area contributed by atoms with Gasteiger partial charge in [-0.05, 0) is 36.8 Å². The summed E-state index contributed by atoms with van der Waals surface area (Å²) in [5.41, 5.74) is 2.38. The number of carbonyl (C=O) groups excluding carboxylic acids is 1. The molecule has 0 radical (unpaired) electrons. The molecule has 0 saturated carbocycles. The van der Waals surface area contributed by atoms with E-state index in [4.69, 9.17) is 4.74 Å². The standard InChI is InChI=1S/C21H23F3N2O3/c1-15-2-4-16(5-3-15)19(14-26-10-12-28-13-11-26)25-20(27)17-6-8-18(9-7-17)29-21(22,23)24/h2-9,19H,10-14H2,1H3,(H,25,27)/p+1/t19-/m0/s1. The largest absolute Gasteiger partial charge is 0.573 e. The molecule has 5 nitrogen and oxygen atoms in total. The molecule has 0 aromatic heterocycles. The van der Waals surface area contributed by atoms with Crippen molar-refractivity contribution in [3.8, 4) is 5.75 Å². The zero-order chi connectivity index (χ0) is 20.9. The molecule has 1 fully saturated rings. The maximum atomic E-state index is 12.7. The molecule has 0 spiro atoms. The quantitative estimate of drug-likeness (QED) is 0.770. The van der Waals surface area contributed by atoms with E-state index in [9.17, 15) is 18.0 Å². The zero-order valence-electron chi connectivity index (χ0n) is 16.1. The van der Waals surface area contributed by atoms with Crippen LogP contribution in [0.1, 0.15) is 27.5 Å². The van der Waals surface area contributed by atoms with Gasteiger partial charge in [-0.3, -0.25) is 4.79 Å². The summed E-state index contributed by atoms with van der Waals surface area (Å²) in [7, 11) is 0. The van der Waals surface area contributed by atoms with Crippen LogP contribution in [0.15, 0.2) is 48.5 Å². The van der Waals surface area contributed by atoms with Gasteiger partial charge in [0.05, 0.1) is 13.2 Å². The summed E-state index contributed by atoms with van der Waals surface area (Å²) in [5, 5.41) is 3.02. The number of ether oxygens (including phenoxy) is 2. The number of alkyl halides is 3. The summed E-state index contributed by atoms with van der Waals surface area (Å²) >= 11 is 0. The van der Waals surface area contributed by atoms with Crippen molar-refractivity contribution in [1.82, 2.24) is 5.32 Å². The summed E-state index contributed by atoms with van der Waals surface area (Å²) in [5.74, 6) is -0.705. The number of rotatable bonds is 6. The van der Waals surface area contributed by atoms with Crippen LogP contribution in [0.2, 0.25) is 0 Å². The Morgan fingerprint density at radius 1 is 1.10 bits per heavy atom. The molecule has 1 heterocycles. The Bertz CT molecular complexity index is 801. The summed E-state index contributed by atoms with van der Waals surface area (Å²) < 4.78 is 46.1. The summed E-state index contributed by atoms with van der Waals surface area (Å²) in [6.07, 6.45) is -4.76. The lowest BCUT2D eigenvalue weighted by Gasteiger charge is -2.28. The lowest BCUT2D eigenvalue weighted by atomic mass is 10.0. The molecule has 1 saturated heterocycles. The molecule has 0 bridgehead atoms. The van der Waals surface area contributed by atoms with Gasteiger partial charge in [-0.25, -0.2) is 0 Å². The van der Waals surface area contributed by atoms with Crippen LogP contribution in [0.25, 0.3) is 0 Å². The molecule has 29 heavy (non-hydrogen) atoms. The van der Waals surface area contributed by atoms with Crippen LogP contribution in [-0.2, 0) is 4.74 Å². The molecule has 2 N–H and O–H groups in total. The van der Waals surface area contributed by atoms with Crippen LogP contribution >= 0.6 is 0 Å². The topological polar surface area (TPSA) is 52.0 Å². The fourth-order valence-electron chi connectivity index (χ4n) is 3.25. The monoisotopic (exact) mass is 409 g/mol. The predicted octanol–water partition coefficient (Wildman–Crippen LogP) is 2.28. The van der Waals surface area contributed by atoms with Crippen molar-refractivity contribution in [1.29, 1.82) is 0 Å². The van der Waals surface area contributed by atoms with E-state index in [0.717, 1.165) is 36.3 Å². The van der Waals surface area contributed by atoms with E-state index in [1.807, 2.05) is 31.2 Å². The van der Waals surface area contributed by atoms with Gasteiger partial charge >= 0.3 is 6.36 Å². The van der Waals surface area contributed by atoms with Crippen LogP contribution in [0, 0.1) is 6.92 Å². The van der Waals surface area contributed by atoms with Gasteiger partial charge in [0.25, 0.3) is 5.91 Å². The molecular weight excluding hydrogens is 385 g/mol. The van der Waals surface area contributed by atoms with Crippen LogP contribution in [0.3, 0.4) is 0 Å². The molecular formula is C21H24F3N2O3+. The lowest BCUT2D eigenvalue weighted by Crippen LogP contribution is -3.14. The average molecular weight is 409 g/mol. The van der Waals surface area contributed by atoms with Crippen molar-refractivity contribution >= 4 is 5.91 Å². The predicted molar refractivity (Wildman–Crippen MR) is 101 cm³/mol. The summed E-state index contributed by atoms with van der Waals surface area (Å²) in [4.78, 5) is 14.1. The molecule has 2 aromatic carbocycles. The van der Waals surface area contributed by atoms with Gasteiger partial charge in [0.1, 0.15) is 31.4 Å².